The SMILES string of the molecule is O=C(O)CN(CCNCCN(CC(=O)O)Cc1cccc(C(=O)O)n1)Cc1cccc(C(=O)O)n1. The molecular weight excluding hydrogens is 462 g/mol. The largest absolute Gasteiger partial charge is 0.480 e. The van der Waals surface area contributed by atoms with Gasteiger partial charge in [0, 0.05) is 39.3 Å². The Morgan fingerprint density at radius 1 is 0.686 bits per heavy atom. The number of nitrogens with zero attached hydrogens (tertiary/aromatic N) is 4. The first-order valence-corrected chi connectivity index (χ1v) is 10.6. The average molecular weight is 489 g/mol. The van der Waals surface area contributed by atoms with Crippen LogP contribution in [0.4, 0.5) is 0 Å². The van der Waals surface area contributed by atoms with Gasteiger partial charge in [-0.1, -0.05) is 12.1 Å². The van der Waals surface area contributed by atoms with E-state index in [2.05, 4.69) is 15.3 Å². The molecular formula is C22H27N5O8. The molecule has 2 heterocycles. The Bertz CT molecular complexity index is 967. The summed E-state index contributed by atoms with van der Waals surface area (Å²) in [5.74, 6) is -4.42. The van der Waals surface area contributed by atoms with Crippen molar-refractivity contribution in [1.29, 1.82) is 0 Å². The molecule has 0 atom stereocenters. The van der Waals surface area contributed by atoms with Crippen molar-refractivity contribution in [3.05, 3.63) is 59.2 Å². The zero-order valence-electron chi connectivity index (χ0n) is 18.8. The third kappa shape index (κ3) is 10.2. The molecule has 0 radical (unpaired) electrons. The molecule has 2 rings (SSSR count). The number of carboxylic acid groups (broad SMARTS) is 4. The zero-order chi connectivity index (χ0) is 25.8. The molecule has 0 aliphatic carbocycles. The molecule has 5 N–H and O–H groups in total. The van der Waals surface area contributed by atoms with Crippen LogP contribution in [0.3, 0.4) is 0 Å². The van der Waals surface area contributed by atoms with Crippen LogP contribution in [-0.2, 0) is 22.7 Å². The molecule has 0 saturated carbocycles. The summed E-state index contributed by atoms with van der Waals surface area (Å²) in [4.78, 5) is 55.8. The molecule has 0 unspecified atom stereocenters. The monoisotopic (exact) mass is 489 g/mol. The van der Waals surface area contributed by atoms with Gasteiger partial charge in [0.15, 0.2) is 0 Å². The van der Waals surface area contributed by atoms with Gasteiger partial charge in [-0.25, -0.2) is 19.6 Å². The van der Waals surface area contributed by atoms with Crippen LogP contribution in [0, 0.1) is 0 Å². The van der Waals surface area contributed by atoms with E-state index in [0.29, 0.717) is 37.6 Å². The first-order valence-electron chi connectivity index (χ1n) is 10.6. The first-order chi connectivity index (χ1) is 16.6. The summed E-state index contributed by atoms with van der Waals surface area (Å²) in [6, 6.07) is 9.02. The predicted molar refractivity (Wildman–Crippen MR) is 121 cm³/mol. The molecule has 0 aromatic carbocycles. The number of nitrogens with one attached hydrogen (secondary N) is 1. The number of aromatic carboxylic acids is 2. The van der Waals surface area contributed by atoms with Crippen molar-refractivity contribution in [2.75, 3.05) is 39.3 Å². The van der Waals surface area contributed by atoms with Crippen molar-refractivity contribution in [1.82, 2.24) is 25.1 Å². The van der Waals surface area contributed by atoms with Gasteiger partial charge >= 0.3 is 23.9 Å². The summed E-state index contributed by atoms with van der Waals surface area (Å²) in [6.45, 7) is 1.18. The fourth-order valence-corrected chi connectivity index (χ4v) is 3.24. The predicted octanol–water partition coefficient (Wildman–Crippen LogP) is -0.0640. The Hall–Kier alpha value is -3.94. The number of hydrogen-bond donors (Lipinski definition) is 5. The number of carboxylic acids is 4. The van der Waals surface area contributed by atoms with E-state index in [1.807, 2.05) is 0 Å². The summed E-state index contributed by atoms with van der Waals surface area (Å²) < 4.78 is 0. The van der Waals surface area contributed by atoms with Crippen LogP contribution in [-0.4, -0.2) is 103 Å². The lowest BCUT2D eigenvalue weighted by Crippen LogP contribution is -2.39. The van der Waals surface area contributed by atoms with Crippen LogP contribution in [0.1, 0.15) is 32.4 Å². The minimum Gasteiger partial charge on any atom is -0.480 e. The number of aromatic nitrogens is 2. The number of aliphatic carboxylic acids is 2. The second kappa shape index (κ2) is 13.7. The van der Waals surface area contributed by atoms with Crippen molar-refractivity contribution in [2.45, 2.75) is 13.1 Å². The summed E-state index contributed by atoms with van der Waals surface area (Å²) in [5, 5.41) is 39.6. The van der Waals surface area contributed by atoms with Gasteiger partial charge in [0.05, 0.1) is 24.5 Å². The van der Waals surface area contributed by atoms with E-state index in [4.69, 9.17) is 10.2 Å². The van der Waals surface area contributed by atoms with Crippen molar-refractivity contribution in [3.8, 4) is 0 Å². The highest BCUT2D eigenvalue weighted by molar-refractivity contribution is 5.85. The van der Waals surface area contributed by atoms with E-state index in [9.17, 15) is 29.4 Å². The lowest BCUT2D eigenvalue weighted by Gasteiger charge is -2.22. The standard InChI is InChI=1S/C22H27N5O8/c28-19(29)13-26(11-15-3-1-5-17(24-15)21(32)33)9-7-23-8-10-27(14-20(30)31)12-16-4-2-6-18(25-16)22(34)35/h1-6,23H,7-14H2,(H,28,29)(H,30,31)(H,32,33)(H,34,35). The van der Waals surface area contributed by atoms with E-state index in [1.54, 1.807) is 34.1 Å². The molecule has 0 fully saturated rings. The van der Waals surface area contributed by atoms with Crippen LogP contribution in [0.15, 0.2) is 36.4 Å². The number of rotatable bonds is 16. The highest BCUT2D eigenvalue weighted by atomic mass is 16.4. The maximum absolute atomic E-state index is 11.2. The van der Waals surface area contributed by atoms with Gasteiger partial charge in [0.2, 0.25) is 0 Å². The molecule has 0 amide bonds. The van der Waals surface area contributed by atoms with Gasteiger partial charge in [-0.05, 0) is 24.3 Å². The summed E-state index contributed by atoms with van der Waals surface area (Å²) in [5.41, 5.74) is 0.598. The highest BCUT2D eigenvalue weighted by Gasteiger charge is 2.15. The minimum absolute atomic E-state index is 0.127. The second-order valence-corrected chi connectivity index (χ2v) is 7.60. The normalized spacial score (nSPS) is 11.0. The molecule has 13 heteroatoms. The number of hydrogen-bond acceptors (Lipinski definition) is 9. The molecule has 0 aliphatic rings. The van der Waals surface area contributed by atoms with E-state index in [-0.39, 0.29) is 37.6 Å². The lowest BCUT2D eigenvalue weighted by atomic mass is 10.2. The van der Waals surface area contributed by atoms with E-state index in [1.165, 1.54) is 12.1 Å². The van der Waals surface area contributed by atoms with Crippen molar-refractivity contribution >= 4 is 23.9 Å². The second-order valence-electron chi connectivity index (χ2n) is 7.60. The minimum atomic E-state index is -1.17. The highest BCUT2D eigenvalue weighted by Crippen LogP contribution is 2.05. The van der Waals surface area contributed by atoms with E-state index in [0.717, 1.165) is 0 Å². The summed E-state index contributed by atoms with van der Waals surface area (Å²) >= 11 is 0. The lowest BCUT2D eigenvalue weighted by molar-refractivity contribution is -0.139. The van der Waals surface area contributed by atoms with Crippen molar-refractivity contribution in [2.24, 2.45) is 0 Å². The van der Waals surface area contributed by atoms with Gasteiger partial charge in [0.1, 0.15) is 11.4 Å². The van der Waals surface area contributed by atoms with Crippen molar-refractivity contribution < 1.29 is 39.6 Å². The third-order valence-electron chi connectivity index (χ3n) is 4.75. The molecule has 2 aromatic rings. The Kier molecular flexibility index (Phi) is 10.7. The molecule has 13 nitrogen and oxygen atoms in total. The van der Waals surface area contributed by atoms with Gasteiger partial charge in [-0.3, -0.25) is 19.4 Å². The zero-order valence-corrected chi connectivity index (χ0v) is 18.8. The van der Waals surface area contributed by atoms with Gasteiger partial charge in [-0.15, -0.1) is 0 Å². The van der Waals surface area contributed by atoms with Gasteiger partial charge < -0.3 is 25.7 Å². The fourth-order valence-electron chi connectivity index (χ4n) is 3.24. The number of pyridine rings is 2. The Balaban J connectivity index is 1.88. The van der Waals surface area contributed by atoms with Crippen LogP contribution in [0.25, 0.3) is 0 Å². The van der Waals surface area contributed by atoms with Crippen molar-refractivity contribution in [3.63, 3.8) is 0 Å². The van der Waals surface area contributed by atoms with Crippen LogP contribution < -0.4 is 5.32 Å². The average Bonchev–Trinajstić information content (AvgIpc) is 2.78. The molecule has 0 saturated heterocycles. The van der Waals surface area contributed by atoms with Crippen LogP contribution >= 0.6 is 0 Å². The molecule has 188 valence electrons. The fraction of sp³-hybridized carbons (Fsp3) is 0.364. The summed E-state index contributed by atoms with van der Waals surface area (Å²) in [6.07, 6.45) is 0. The molecule has 2 aromatic heterocycles. The smallest absolute Gasteiger partial charge is 0.354 e. The Morgan fingerprint density at radius 2 is 1.09 bits per heavy atom. The maximum Gasteiger partial charge on any atom is 0.354 e. The summed E-state index contributed by atoms with van der Waals surface area (Å²) in [7, 11) is 0. The van der Waals surface area contributed by atoms with Gasteiger partial charge in [0.25, 0.3) is 0 Å². The quantitative estimate of drug-likeness (QED) is 0.197. The Labute approximate surface area is 200 Å². The molecule has 0 aliphatic heterocycles. The topological polar surface area (TPSA) is 193 Å². The van der Waals surface area contributed by atoms with E-state index < -0.39 is 23.9 Å². The molecule has 0 bridgehead atoms. The van der Waals surface area contributed by atoms with Crippen LogP contribution in [0.5, 0.6) is 0 Å². The van der Waals surface area contributed by atoms with Crippen LogP contribution in [0.2, 0.25) is 0 Å². The molecule has 0 spiro atoms. The first kappa shape index (κ1) is 27.3. The molecule has 35 heavy (non-hydrogen) atoms. The van der Waals surface area contributed by atoms with Gasteiger partial charge in [-0.2, -0.15) is 0 Å². The Morgan fingerprint density at radius 3 is 1.43 bits per heavy atom. The maximum atomic E-state index is 11.2. The van der Waals surface area contributed by atoms with E-state index >= 15 is 0 Å². The number of carbonyl (C=O) groups is 4. The third-order valence-corrected chi connectivity index (χ3v) is 4.75.